The first kappa shape index (κ1) is 20.3. The lowest BCUT2D eigenvalue weighted by Crippen LogP contribution is -2.35. The van der Waals surface area contributed by atoms with E-state index in [0.717, 1.165) is 16.8 Å². The highest BCUT2D eigenvalue weighted by Crippen LogP contribution is 2.25. The van der Waals surface area contributed by atoms with E-state index in [1.165, 1.54) is 0 Å². The lowest BCUT2D eigenvalue weighted by atomic mass is 9.94. The molecule has 6 heteroatoms. The van der Waals surface area contributed by atoms with E-state index < -0.39 is 17.9 Å². The van der Waals surface area contributed by atoms with Gasteiger partial charge < -0.3 is 14.8 Å². The number of aryl methyl sites for hydroxylation is 2. The Bertz CT molecular complexity index is 967. The van der Waals surface area contributed by atoms with Crippen molar-refractivity contribution in [1.82, 2.24) is 10.3 Å². The van der Waals surface area contributed by atoms with Crippen LogP contribution in [0.25, 0.3) is 11.3 Å². The Morgan fingerprint density at radius 2 is 1.69 bits per heavy atom. The quantitative estimate of drug-likeness (QED) is 0.600. The summed E-state index contributed by atoms with van der Waals surface area (Å²) in [5.41, 5.74) is 2.47. The lowest BCUT2D eigenvalue weighted by molar-refractivity contribution is -0.142. The molecule has 0 bridgehead atoms. The van der Waals surface area contributed by atoms with Gasteiger partial charge in [0.25, 0.3) is 0 Å². The van der Waals surface area contributed by atoms with E-state index in [9.17, 15) is 14.7 Å². The van der Waals surface area contributed by atoms with Crippen molar-refractivity contribution in [2.45, 2.75) is 32.7 Å². The van der Waals surface area contributed by atoms with Crippen LogP contribution in [0.3, 0.4) is 0 Å². The molecule has 29 heavy (non-hydrogen) atoms. The minimum absolute atomic E-state index is 0.157. The van der Waals surface area contributed by atoms with Gasteiger partial charge in [-0.1, -0.05) is 60.7 Å². The molecule has 0 radical (unpaired) electrons. The van der Waals surface area contributed by atoms with E-state index in [0.29, 0.717) is 18.1 Å². The number of rotatable bonds is 8. The number of nitrogens with zero attached hydrogens (tertiary/aromatic N) is 1. The van der Waals surface area contributed by atoms with Crippen molar-refractivity contribution in [1.29, 1.82) is 0 Å². The number of amides is 1. The van der Waals surface area contributed by atoms with Gasteiger partial charge >= 0.3 is 5.97 Å². The van der Waals surface area contributed by atoms with Gasteiger partial charge in [-0.15, -0.1) is 0 Å². The Hall–Kier alpha value is -3.41. The van der Waals surface area contributed by atoms with Crippen LogP contribution in [0.1, 0.15) is 36.5 Å². The van der Waals surface area contributed by atoms with E-state index in [1.54, 1.807) is 6.92 Å². The number of carboxylic acids is 1. The highest BCUT2D eigenvalue weighted by atomic mass is 16.4. The van der Waals surface area contributed by atoms with Gasteiger partial charge in [0.2, 0.25) is 5.91 Å². The van der Waals surface area contributed by atoms with Gasteiger partial charge in [0.1, 0.15) is 0 Å². The Morgan fingerprint density at radius 3 is 2.31 bits per heavy atom. The fourth-order valence-corrected chi connectivity index (χ4v) is 3.18. The fourth-order valence-electron chi connectivity index (χ4n) is 3.18. The maximum Gasteiger partial charge on any atom is 0.308 e. The number of aliphatic carboxylic acids is 1. The number of hydrogen-bond donors (Lipinski definition) is 2. The van der Waals surface area contributed by atoms with Crippen molar-refractivity contribution >= 4 is 11.9 Å². The summed E-state index contributed by atoms with van der Waals surface area (Å²) >= 11 is 0. The first-order valence-electron chi connectivity index (χ1n) is 9.54. The SMILES string of the molecule is Cc1nc(CCC(=O)NC(c2ccccc2)C(C)C(=O)O)oc1-c1ccccc1. The number of carboxylic acid groups (broad SMARTS) is 1. The molecule has 0 aliphatic rings. The molecule has 1 amide bonds. The smallest absolute Gasteiger partial charge is 0.308 e. The van der Waals surface area contributed by atoms with E-state index in [-0.39, 0.29) is 12.3 Å². The minimum atomic E-state index is -0.963. The number of oxazole rings is 1. The van der Waals surface area contributed by atoms with Crippen LogP contribution in [0.2, 0.25) is 0 Å². The molecule has 1 heterocycles. The van der Waals surface area contributed by atoms with Crippen LogP contribution in [0.15, 0.2) is 65.1 Å². The van der Waals surface area contributed by atoms with Gasteiger partial charge in [-0.25, -0.2) is 4.98 Å². The van der Waals surface area contributed by atoms with Crippen LogP contribution in [0.5, 0.6) is 0 Å². The topological polar surface area (TPSA) is 92.4 Å². The van der Waals surface area contributed by atoms with Crippen LogP contribution < -0.4 is 5.32 Å². The number of aromatic nitrogens is 1. The molecule has 2 N–H and O–H groups in total. The van der Waals surface area contributed by atoms with Gasteiger partial charge in [-0.3, -0.25) is 9.59 Å². The maximum atomic E-state index is 12.5. The van der Waals surface area contributed by atoms with Crippen molar-refractivity contribution in [2.75, 3.05) is 0 Å². The minimum Gasteiger partial charge on any atom is -0.481 e. The van der Waals surface area contributed by atoms with Crippen molar-refractivity contribution in [3.8, 4) is 11.3 Å². The summed E-state index contributed by atoms with van der Waals surface area (Å²) in [6.45, 7) is 3.46. The zero-order valence-electron chi connectivity index (χ0n) is 16.5. The summed E-state index contributed by atoms with van der Waals surface area (Å²) in [5.74, 6) is -0.782. The molecule has 3 rings (SSSR count). The molecule has 0 aliphatic heterocycles. The molecule has 0 fully saturated rings. The van der Waals surface area contributed by atoms with Crippen LogP contribution in [-0.4, -0.2) is 22.0 Å². The van der Waals surface area contributed by atoms with Gasteiger partial charge in [0.05, 0.1) is 17.7 Å². The lowest BCUT2D eigenvalue weighted by Gasteiger charge is -2.22. The standard InChI is InChI=1S/C23H24N2O4/c1-15(23(27)28)21(17-9-5-3-6-10-17)25-19(26)13-14-20-24-16(2)22(29-20)18-11-7-4-8-12-18/h3-12,15,21H,13-14H2,1-2H3,(H,25,26)(H,27,28). The summed E-state index contributed by atoms with van der Waals surface area (Å²) in [7, 11) is 0. The number of hydrogen-bond acceptors (Lipinski definition) is 4. The molecule has 2 unspecified atom stereocenters. The zero-order valence-corrected chi connectivity index (χ0v) is 16.5. The summed E-state index contributed by atoms with van der Waals surface area (Å²) in [5, 5.41) is 12.2. The van der Waals surface area contributed by atoms with Crippen LogP contribution in [0.4, 0.5) is 0 Å². The molecule has 1 aromatic heterocycles. The van der Waals surface area contributed by atoms with E-state index in [2.05, 4.69) is 10.3 Å². The molecular formula is C23H24N2O4. The Balaban J connectivity index is 1.66. The van der Waals surface area contributed by atoms with Gasteiger partial charge in [0.15, 0.2) is 11.7 Å². The van der Waals surface area contributed by atoms with Crippen LogP contribution in [0, 0.1) is 12.8 Å². The first-order valence-corrected chi connectivity index (χ1v) is 9.54. The highest BCUT2D eigenvalue weighted by molar-refractivity contribution is 5.78. The van der Waals surface area contributed by atoms with E-state index in [4.69, 9.17) is 4.42 Å². The van der Waals surface area contributed by atoms with Crippen LogP contribution >= 0.6 is 0 Å². The molecule has 0 saturated carbocycles. The van der Waals surface area contributed by atoms with Crippen molar-refractivity contribution < 1.29 is 19.1 Å². The Morgan fingerprint density at radius 1 is 1.07 bits per heavy atom. The third kappa shape index (κ3) is 5.10. The van der Waals surface area contributed by atoms with Crippen molar-refractivity contribution in [2.24, 2.45) is 5.92 Å². The highest BCUT2D eigenvalue weighted by Gasteiger charge is 2.26. The molecule has 2 aromatic carbocycles. The first-order chi connectivity index (χ1) is 14.0. The van der Waals surface area contributed by atoms with Gasteiger partial charge in [-0.2, -0.15) is 0 Å². The zero-order chi connectivity index (χ0) is 20.8. The summed E-state index contributed by atoms with van der Waals surface area (Å²) in [6, 6.07) is 18.2. The molecule has 150 valence electrons. The Labute approximate surface area is 169 Å². The van der Waals surface area contributed by atoms with Crippen molar-refractivity contribution in [3.05, 3.63) is 77.8 Å². The molecular weight excluding hydrogens is 368 g/mol. The number of carbonyl (C=O) groups excluding carboxylic acids is 1. The molecule has 6 nitrogen and oxygen atoms in total. The molecule has 0 aliphatic carbocycles. The maximum absolute atomic E-state index is 12.5. The molecule has 2 atom stereocenters. The molecule has 3 aromatic rings. The third-order valence-electron chi connectivity index (χ3n) is 4.81. The fraction of sp³-hybridized carbons (Fsp3) is 0.261. The second kappa shape index (κ2) is 9.19. The van der Waals surface area contributed by atoms with Crippen molar-refractivity contribution in [3.63, 3.8) is 0 Å². The monoisotopic (exact) mass is 392 g/mol. The second-order valence-corrected chi connectivity index (χ2v) is 6.97. The number of carbonyl (C=O) groups is 2. The third-order valence-corrected chi connectivity index (χ3v) is 4.81. The predicted molar refractivity (Wildman–Crippen MR) is 109 cm³/mol. The Kier molecular flexibility index (Phi) is 6.44. The normalized spacial score (nSPS) is 12.9. The average molecular weight is 392 g/mol. The van der Waals surface area contributed by atoms with E-state index in [1.807, 2.05) is 67.6 Å². The summed E-state index contributed by atoms with van der Waals surface area (Å²) < 4.78 is 5.84. The summed E-state index contributed by atoms with van der Waals surface area (Å²) in [6.07, 6.45) is 0.492. The largest absolute Gasteiger partial charge is 0.481 e. The predicted octanol–water partition coefficient (Wildman–Crippen LogP) is 4.16. The number of nitrogens with one attached hydrogen (secondary N) is 1. The second-order valence-electron chi connectivity index (χ2n) is 6.97. The molecule has 0 saturated heterocycles. The molecule has 0 spiro atoms. The summed E-state index contributed by atoms with van der Waals surface area (Å²) in [4.78, 5) is 28.4. The average Bonchev–Trinajstić information content (AvgIpc) is 3.11. The number of benzene rings is 2. The van der Waals surface area contributed by atoms with Gasteiger partial charge in [-0.05, 0) is 19.4 Å². The van der Waals surface area contributed by atoms with E-state index >= 15 is 0 Å². The van der Waals surface area contributed by atoms with Gasteiger partial charge in [0, 0.05) is 18.4 Å². The van der Waals surface area contributed by atoms with Crippen LogP contribution in [-0.2, 0) is 16.0 Å².